The minimum atomic E-state index is -1.56. The smallest absolute Gasteiger partial charge is 0.226 e. The van der Waals surface area contributed by atoms with Gasteiger partial charge in [-0.1, -0.05) is 30.3 Å². The van der Waals surface area contributed by atoms with Gasteiger partial charge in [0.25, 0.3) is 0 Å². The van der Waals surface area contributed by atoms with E-state index in [-0.39, 0.29) is 35.7 Å². The van der Waals surface area contributed by atoms with Crippen molar-refractivity contribution < 1.29 is 45.3 Å². The van der Waals surface area contributed by atoms with Crippen molar-refractivity contribution >= 4 is 11.8 Å². The van der Waals surface area contributed by atoms with E-state index in [1.54, 1.807) is 24.3 Å². The van der Waals surface area contributed by atoms with Gasteiger partial charge >= 0.3 is 0 Å². The van der Waals surface area contributed by atoms with Crippen molar-refractivity contribution in [3.8, 4) is 34.5 Å². The van der Waals surface area contributed by atoms with E-state index in [1.165, 1.54) is 48.5 Å². The van der Waals surface area contributed by atoms with Gasteiger partial charge in [0.2, 0.25) is 11.8 Å². The molecule has 1 aliphatic carbocycles. The first-order valence-electron chi connectivity index (χ1n) is 14.4. The minimum absolute atomic E-state index is 0.103. The maximum atomic E-state index is 14.0. The summed E-state index contributed by atoms with van der Waals surface area (Å²) in [7, 11) is 0. The summed E-state index contributed by atoms with van der Waals surface area (Å²) in [6.07, 6.45) is -0.755. The first kappa shape index (κ1) is 31.0. The lowest BCUT2D eigenvalue weighted by molar-refractivity contribution is -0.141. The van der Waals surface area contributed by atoms with Crippen LogP contribution in [-0.4, -0.2) is 60.6 Å². The number of carbonyl (C=O) groups excluding carboxylic acids is 2. The summed E-state index contributed by atoms with van der Waals surface area (Å²) >= 11 is 0. The molecule has 11 heteroatoms. The summed E-state index contributed by atoms with van der Waals surface area (Å²) in [5, 5.41) is 77.4. The molecule has 0 saturated carbocycles. The fourth-order valence-electron chi connectivity index (χ4n) is 5.89. The Morgan fingerprint density at radius 3 is 1.53 bits per heavy atom. The molecule has 0 radical (unpaired) electrons. The number of aliphatic hydroxyl groups excluding tert-OH is 1. The third-order valence-corrected chi connectivity index (χ3v) is 8.18. The van der Waals surface area contributed by atoms with Gasteiger partial charge in [0, 0.05) is 19.0 Å². The number of aliphatic hydroxyl groups is 1. The molecule has 0 saturated heterocycles. The zero-order chi connectivity index (χ0) is 32.2. The van der Waals surface area contributed by atoms with Crippen molar-refractivity contribution in [2.75, 3.05) is 13.1 Å². The predicted molar refractivity (Wildman–Crippen MR) is 163 cm³/mol. The van der Waals surface area contributed by atoms with E-state index in [9.17, 15) is 45.3 Å². The van der Waals surface area contributed by atoms with Crippen LogP contribution in [0.25, 0.3) is 0 Å². The molecule has 0 fully saturated rings. The number of fused-ring (bicyclic) bond motifs is 1. The third kappa shape index (κ3) is 6.73. The van der Waals surface area contributed by atoms with Crippen molar-refractivity contribution in [3.05, 3.63) is 107 Å². The van der Waals surface area contributed by atoms with Gasteiger partial charge in [0.15, 0.2) is 23.0 Å². The lowest BCUT2D eigenvalue weighted by Gasteiger charge is -2.41. The molecule has 11 nitrogen and oxygen atoms in total. The maximum absolute atomic E-state index is 14.0. The Hall–Kier alpha value is -5.42. The van der Waals surface area contributed by atoms with E-state index in [2.05, 4.69) is 10.6 Å². The van der Waals surface area contributed by atoms with E-state index in [1.807, 2.05) is 0 Å². The van der Waals surface area contributed by atoms with Crippen LogP contribution in [0, 0.1) is 11.8 Å². The maximum Gasteiger partial charge on any atom is 0.226 e. The van der Waals surface area contributed by atoms with E-state index >= 15 is 0 Å². The quantitative estimate of drug-likeness (QED) is 0.127. The highest BCUT2D eigenvalue weighted by Gasteiger charge is 2.50. The molecule has 0 spiro atoms. The number of nitrogens with one attached hydrogen (secondary N) is 2. The molecule has 4 atom stereocenters. The van der Waals surface area contributed by atoms with Gasteiger partial charge in [0.1, 0.15) is 11.5 Å². The molecule has 0 unspecified atom stereocenters. The van der Waals surface area contributed by atoms with Crippen molar-refractivity contribution in [2.45, 2.75) is 24.9 Å². The number of rotatable bonds is 9. The Bertz CT molecular complexity index is 1690. The summed E-state index contributed by atoms with van der Waals surface area (Å²) in [4.78, 5) is 27.9. The number of hydrogen-bond donors (Lipinski definition) is 9. The monoisotopic (exact) mass is 614 g/mol. The Morgan fingerprint density at radius 2 is 1.02 bits per heavy atom. The molecule has 5 rings (SSSR count). The lowest BCUT2D eigenvalue weighted by atomic mass is 9.64. The highest BCUT2D eigenvalue weighted by atomic mass is 16.3. The Morgan fingerprint density at radius 1 is 0.556 bits per heavy atom. The molecule has 4 aromatic carbocycles. The van der Waals surface area contributed by atoms with Crippen LogP contribution >= 0.6 is 0 Å². The first-order chi connectivity index (χ1) is 21.5. The second-order valence-electron chi connectivity index (χ2n) is 11.1. The highest BCUT2D eigenvalue weighted by Crippen LogP contribution is 2.51. The van der Waals surface area contributed by atoms with Crippen LogP contribution in [-0.2, 0) is 22.4 Å². The molecule has 0 aliphatic heterocycles. The fraction of sp³-hybridized carbons (Fsp3) is 0.235. The van der Waals surface area contributed by atoms with Crippen LogP contribution in [0.2, 0.25) is 0 Å². The average molecular weight is 615 g/mol. The van der Waals surface area contributed by atoms with Gasteiger partial charge in [-0.05, 0) is 89.2 Å². The number of benzene rings is 4. The number of carbonyl (C=O) groups is 2. The van der Waals surface area contributed by atoms with E-state index in [0.717, 1.165) is 17.2 Å². The number of phenols is 6. The molecule has 234 valence electrons. The van der Waals surface area contributed by atoms with Crippen LogP contribution in [0.3, 0.4) is 0 Å². The Kier molecular flexibility index (Phi) is 9.01. The topological polar surface area (TPSA) is 200 Å². The molecule has 2 amide bonds. The fourth-order valence-corrected chi connectivity index (χ4v) is 5.89. The number of hydrogen-bond acceptors (Lipinski definition) is 9. The van der Waals surface area contributed by atoms with Crippen LogP contribution in [0.4, 0.5) is 0 Å². The summed E-state index contributed by atoms with van der Waals surface area (Å²) < 4.78 is 0. The standard InChI is InChI=1S/C34H34N2O9/c37-21-6-1-18(2-7-21)11-13-35-33(44)30-29(20-5-10-25(39)26(40)15-20)23-16-27(41)28(42)17-24(23)32(43)31(30)34(45)36-14-12-19-3-8-22(38)9-4-19/h1-10,15-17,29-32,37-43H,11-14H2,(H,35,44)(H,36,45)/t29-,30+,31-,32+/m1/s1. The summed E-state index contributed by atoms with van der Waals surface area (Å²) in [6.45, 7) is 0.312. The van der Waals surface area contributed by atoms with Gasteiger partial charge in [-0.25, -0.2) is 0 Å². The highest BCUT2D eigenvalue weighted by molar-refractivity contribution is 5.90. The molecule has 1 aliphatic rings. The average Bonchev–Trinajstić information content (AvgIpc) is 3.01. The Labute approximate surface area is 258 Å². The third-order valence-electron chi connectivity index (χ3n) is 8.18. The molecule has 0 aromatic heterocycles. The molecule has 0 heterocycles. The number of aromatic hydroxyl groups is 6. The van der Waals surface area contributed by atoms with Gasteiger partial charge in [-0.15, -0.1) is 0 Å². The zero-order valence-corrected chi connectivity index (χ0v) is 24.1. The van der Waals surface area contributed by atoms with Crippen LogP contribution < -0.4 is 10.6 Å². The van der Waals surface area contributed by atoms with Crippen LogP contribution in [0.15, 0.2) is 78.9 Å². The predicted octanol–water partition coefficient (Wildman–Crippen LogP) is 3.05. The van der Waals surface area contributed by atoms with Gasteiger partial charge in [-0.3, -0.25) is 9.59 Å². The molecular formula is C34H34N2O9. The first-order valence-corrected chi connectivity index (χ1v) is 14.4. The number of phenolic OH excluding ortho intramolecular Hbond substituents is 6. The van der Waals surface area contributed by atoms with Crippen molar-refractivity contribution in [1.82, 2.24) is 10.6 Å². The molecule has 0 bridgehead atoms. The molecule has 9 N–H and O–H groups in total. The Balaban J connectivity index is 1.51. The van der Waals surface area contributed by atoms with Gasteiger partial charge in [-0.2, -0.15) is 0 Å². The molecule has 45 heavy (non-hydrogen) atoms. The molecule has 4 aromatic rings. The second-order valence-corrected chi connectivity index (χ2v) is 11.1. The summed E-state index contributed by atoms with van der Waals surface area (Å²) in [5.41, 5.74) is 2.38. The summed E-state index contributed by atoms with van der Waals surface area (Å²) in [5.74, 6) is -6.52. The van der Waals surface area contributed by atoms with E-state index in [0.29, 0.717) is 18.4 Å². The lowest BCUT2D eigenvalue weighted by Crippen LogP contribution is -2.50. The molecular weight excluding hydrogens is 580 g/mol. The van der Waals surface area contributed by atoms with Crippen molar-refractivity contribution in [1.29, 1.82) is 0 Å². The zero-order valence-electron chi connectivity index (χ0n) is 24.1. The van der Waals surface area contributed by atoms with Crippen molar-refractivity contribution in [2.24, 2.45) is 11.8 Å². The number of amides is 2. The van der Waals surface area contributed by atoms with E-state index in [4.69, 9.17) is 0 Å². The normalized spacial score (nSPS) is 19.0. The SMILES string of the molecule is O=C(NCCc1ccc(O)cc1)[C@@H]1[C@@H](C(=O)NCCc2ccc(O)cc2)[C@H](c2ccc(O)c(O)c2)c2cc(O)c(O)cc2[C@@H]1O. The van der Waals surface area contributed by atoms with Crippen LogP contribution in [0.1, 0.15) is 39.8 Å². The largest absolute Gasteiger partial charge is 0.508 e. The minimum Gasteiger partial charge on any atom is -0.508 e. The van der Waals surface area contributed by atoms with Crippen molar-refractivity contribution in [3.63, 3.8) is 0 Å². The second kappa shape index (κ2) is 13.1. The van der Waals surface area contributed by atoms with Gasteiger partial charge < -0.3 is 46.4 Å². The van der Waals surface area contributed by atoms with E-state index < -0.39 is 58.7 Å². The van der Waals surface area contributed by atoms with Gasteiger partial charge in [0.05, 0.1) is 17.9 Å². The summed E-state index contributed by atoms with van der Waals surface area (Å²) in [6, 6.07) is 19.3. The van der Waals surface area contributed by atoms with Crippen LogP contribution in [0.5, 0.6) is 34.5 Å².